The van der Waals surface area contributed by atoms with Gasteiger partial charge in [0.05, 0.1) is 6.54 Å². The Morgan fingerprint density at radius 2 is 1.79 bits per heavy atom. The van der Waals surface area contributed by atoms with Gasteiger partial charge in [0.15, 0.2) is 0 Å². The molecule has 2 heterocycles. The highest BCUT2D eigenvalue weighted by Crippen LogP contribution is 2.30. The highest BCUT2D eigenvalue weighted by molar-refractivity contribution is 5.93. The van der Waals surface area contributed by atoms with Crippen molar-refractivity contribution in [2.75, 3.05) is 38.0 Å². The van der Waals surface area contributed by atoms with E-state index in [1.54, 1.807) is 0 Å². The van der Waals surface area contributed by atoms with Crippen LogP contribution in [0.25, 0.3) is 0 Å². The Kier molecular flexibility index (Phi) is 6.54. The molecule has 1 saturated heterocycles. The monoisotopic (exact) mass is 406 g/mol. The number of carbonyl (C=O) groups excluding carboxylic acids is 1. The normalized spacial score (nSPS) is 16.0. The second kappa shape index (κ2) is 8.92. The lowest BCUT2D eigenvalue weighted by atomic mass is 10.1. The van der Waals surface area contributed by atoms with Crippen molar-refractivity contribution in [3.63, 3.8) is 0 Å². The summed E-state index contributed by atoms with van der Waals surface area (Å²) in [5.74, 6) is -0.0861. The molecule has 8 heteroatoms. The van der Waals surface area contributed by atoms with E-state index in [1.807, 2.05) is 41.8 Å². The minimum absolute atomic E-state index is 0.0861. The van der Waals surface area contributed by atoms with E-state index in [9.17, 15) is 18.0 Å². The molecule has 0 saturated carbocycles. The van der Waals surface area contributed by atoms with Gasteiger partial charge in [-0.1, -0.05) is 23.8 Å². The summed E-state index contributed by atoms with van der Waals surface area (Å²) in [6, 6.07) is 8.86. The third kappa shape index (κ3) is 5.77. The zero-order valence-corrected chi connectivity index (χ0v) is 16.6. The number of pyridine rings is 1. The Labute approximate surface area is 168 Å². The fraction of sp³-hybridized carbons (Fsp3) is 0.429. The van der Waals surface area contributed by atoms with E-state index < -0.39 is 11.9 Å². The number of carbonyl (C=O) groups is 1. The summed E-state index contributed by atoms with van der Waals surface area (Å²) >= 11 is 0. The van der Waals surface area contributed by atoms with E-state index in [0.717, 1.165) is 16.8 Å². The number of alkyl halides is 3. The molecule has 3 rings (SSSR count). The minimum Gasteiger partial charge on any atom is -0.325 e. The first-order chi connectivity index (χ1) is 13.7. The molecule has 1 aliphatic heterocycles. The Morgan fingerprint density at radius 3 is 2.45 bits per heavy atom. The summed E-state index contributed by atoms with van der Waals surface area (Å²) in [6.07, 6.45) is -3.29. The van der Waals surface area contributed by atoms with E-state index >= 15 is 0 Å². The molecule has 1 aliphatic rings. The maximum atomic E-state index is 13.1. The van der Waals surface area contributed by atoms with E-state index in [4.69, 9.17) is 0 Å². The SMILES string of the molecule is Cc1ccc(NC(=O)CN2CCN(Cc3cccnc3C(F)(F)F)CC2)c(C)c1. The standard InChI is InChI=1S/C21H25F3N4O/c1-15-5-6-18(16(2)12-15)26-19(29)14-28-10-8-27(9-11-28)13-17-4-3-7-25-20(17)21(22,23)24/h3-7,12H,8-11,13-14H2,1-2H3,(H,26,29). The van der Waals surface area contributed by atoms with Gasteiger partial charge in [-0.15, -0.1) is 0 Å². The van der Waals surface area contributed by atoms with Crippen LogP contribution in [0.5, 0.6) is 0 Å². The number of amides is 1. The largest absolute Gasteiger partial charge is 0.433 e. The number of nitrogens with one attached hydrogen (secondary N) is 1. The van der Waals surface area contributed by atoms with Crippen LogP contribution in [0, 0.1) is 13.8 Å². The fourth-order valence-electron chi connectivity index (χ4n) is 3.51. The van der Waals surface area contributed by atoms with Gasteiger partial charge in [0.1, 0.15) is 5.69 Å². The Hall–Kier alpha value is -2.45. The molecule has 1 aromatic carbocycles. The summed E-state index contributed by atoms with van der Waals surface area (Å²) in [5.41, 5.74) is 2.31. The molecule has 0 unspecified atom stereocenters. The Morgan fingerprint density at radius 1 is 1.10 bits per heavy atom. The zero-order valence-electron chi connectivity index (χ0n) is 16.6. The predicted octanol–water partition coefficient (Wildman–Crippen LogP) is 3.47. The highest BCUT2D eigenvalue weighted by Gasteiger charge is 2.35. The molecule has 1 N–H and O–H groups in total. The van der Waals surface area contributed by atoms with Crippen LogP contribution in [0.4, 0.5) is 18.9 Å². The molecule has 0 radical (unpaired) electrons. The molecular weight excluding hydrogens is 381 g/mol. The number of halogens is 3. The van der Waals surface area contributed by atoms with Crippen molar-refractivity contribution < 1.29 is 18.0 Å². The van der Waals surface area contributed by atoms with Crippen molar-refractivity contribution in [3.05, 3.63) is 58.9 Å². The first-order valence-corrected chi connectivity index (χ1v) is 9.55. The van der Waals surface area contributed by atoms with Gasteiger partial charge in [-0.2, -0.15) is 13.2 Å². The van der Waals surface area contributed by atoms with Crippen molar-refractivity contribution >= 4 is 11.6 Å². The third-order valence-corrected chi connectivity index (χ3v) is 5.04. The van der Waals surface area contributed by atoms with E-state index in [0.29, 0.717) is 26.2 Å². The molecular formula is C21H25F3N4O. The number of anilines is 1. The summed E-state index contributed by atoms with van der Waals surface area (Å²) in [5, 5.41) is 2.93. The molecule has 1 amide bonds. The van der Waals surface area contributed by atoms with Crippen LogP contribution in [0.15, 0.2) is 36.5 Å². The van der Waals surface area contributed by atoms with Gasteiger partial charge in [0.25, 0.3) is 0 Å². The van der Waals surface area contributed by atoms with Crippen molar-refractivity contribution in [3.8, 4) is 0 Å². The number of hydrogen-bond acceptors (Lipinski definition) is 4. The second-order valence-electron chi connectivity index (χ2n) is 7.43. The van der Waals surface area contributed by atoms with Gasteiger partial charge in [-0.25, -0.2) is 0 Å². The molecule has 0 bridgehead atoms. The number of hydrogen-bond donors (Lipinski definition) is 1. The molecule has 0 spiro atoms. The summed E-state index contributed by atoms with van der Waals surface area (Å²) in [4.78, 5) is 19.8. The number of benzene rings is 1. The van der Waals surface area contributed by atoms with Crippen molar-refractivity contribution in [1.29, 1.82) is 0 Å². The van der Waals surface area contributed by atoms with Gasteiger partial charge in [0, 0.05) is 44.6 Å². The van der Waals surface area contributed by atoms with Crippen LogP contribution < -0.4 is 5.32 Å². The van der Waals surface area contributed by atoms with Crippen LogP contribution in [0.1, 0.15) is 22.4 Å². The first-order valence-electron chi connectivity index (χ1n) is 9.55. The number of aromatic nitrogens is 1. The van der Waals surface area contributed by atoms with E-state index in [2.05, 4.69) is 10.3 Å². The molecule has 0 aliphatic carbocycles. The van der Waals surface area contributed by atoms with Crippen LogP contribution in [-0.4, -0.2) is 53.4 Å². The van der Waals surface area contributed by atoms with E-state index in [1.165, 1.54) is 18.3 Å². The lowest BCUT2D eigenvalue weighted by molar-refractivity contribution is -0.142. The van der Waals surface area contributed by atoms with E-state index in [-0.39, 0.29) is 24.6 Å². The highest BCUT2D eigenvalue weighted by atomic mass is 19.4. The summed E-state index contributed by atoms with van der Waals surface area (Å²) < 4.78 is 39.3. The second-order valence-corrected chi connectivity index (χ2v) is 7.43. The van der Waals surface area contributed by atoms with Crippen molar-refractivity contribution in [2.45, 2.75) is 26.6 Å². The molecule has 1 aromatic heterocycles. The number of piperazine rings is 1. The molecule has 0 atom stereocenters. The third-order valence-electron chi connectivity index (χ3n) is 5.04. The van der Waals surface area contributed by atoms with Crippen molar-refractivity contribution in [1.82, 2.24) is 14.8 Å². The van der Waals surface area contributed by atoms with Gasteiger partial charge < -0.3 is 5.32 Å². The Balaban J connectivity index is 1.50. The molecule has 2 aromatic rings. The maximum Gasteiger partial charge on any atom is 0.433 e. The molecule has 1 fully saturated rings. The fourth-order valence-corrected chi connectivity index (χ4v) is 3.51. The number of nitrogens with zero attached hydrogens (tertiary/aromatic N) is 3. The molecule has 5 nitrogen and oxygen atoms in total. The topological polar surface area (TPSA) is 48.5 Å². The van der Waals surface area contributed by atoms with Crippen LogP contribution in [-0.2, 0) is 17.5 Å². The molecule has 156 valence electrons. The maximum absolute atomic E-state index is 13.1. The summed E-state index contributed by atoms with van der Waals surface area (Å²) in [7, 11) is 0. The van der Waals surface area contributed by atoms with Crippen LogP contribution in [0.2, 0.25) is 0 Å². The van der Waals surface area contributed by atoms with Gasteiger partial charge in [0.2, 0.25) is 5.91 Å². The summed E-state index contributed by atoms with van der Waals surface area (Å²) in [6.45, 7) is 6.87. The zero-order chi connectivity index (χ0) is 21.0. The quantitative estimate of drug-likeness (QED) is 0.826. The van der Waals surface area contributed by atoms with Crippen LogP contribution >= 0.6 is 0 Å². The Bertz CT molecular complexity index is 861. The van der Waals surface area contributed by atoms with Gasteiger partial charge in [-0.3, -0.25) is 19.6 Å². The van der Waals surface area contributed by atoms with Crippen molar-refractivity contribution in [2.24, 2.45) is 0 Å². The smallest absolute Gasteiger partial charge is 0.325 e. The first kappa shape index (κ1) is 21.3. The lowest BCUT2D eigenvalue weighted by Gasteiger charge is -2.34. The predicted molar refractivity (Wildman–Crippen MR) is 106 cm³/mol. The molecule has 29 heavy (non-hydrogen) atoms. The van der Waals surface area contributed by atoms with Gasteiger partial charge >= 0.3 is 6.18 Å². The van der Waals surface area contributed by atoms with Crippen LogP contribution in [0.3, 0.4) is 0 Å². The lowest BCUT2D eigenvalue weighted by Crippen LogP contribution is -2.48. The van der Waals surface area contributed by atoms with Gasteiger partial charge in [-0.05, 0) is 37.1 Å². The average molecular weight is 406 g/mol. The number of aryl methyl sites for hydroxylation is 2. The number of rotatable bonds is 5. The minimum atomic E-state index is -4.45. The average Bonchev–Trinajstić information content (AvgIpc) is 2.65.